The molecule has 0 atom stereocenters. The van der Waals surface area contributed by atoms with Crippen LogP contribution in [-0.4, -0.2) is 10.2 Å². The second-order valence-corrected chi connectivity index (χ2v) is 8.57. The van der Waals surface area contributed by atoms with E-state index in [1.54, 1.807) is 6.20 Å². The Morgan fingerprint density at radius 2 is 1.16 bits per heavy atom. The molecular formula is C21H17N2OP. The second kappa shape index (κ2) is 6.54. The van der Waals surface area contributed by atoms with Crippen LogP contribution in [0.25, 0.3) is 11.3 Å². The Balaban J connectivity index is 1.86. The summed E-state index contributed by atoms with van der Waals surface area (Å²) in [5.41, 5.74) is 1.97. The number of rotatable bonds is 4. The Morgan fingerprint density at radius 3 is 1.64 bits per heavy atom. The molecule has 0 radical (unpaired) electrons. The van der Waals surface area contributed by atoms with E-state index < -0.39 is 7.14 Å². The third-order valence-corrected chi connectivity index (χ3v) is 7.36. The number of nitrogens with zero attached hydrogens (tertiary/aromatic N) is 1. The molecule has 0 aliphatic heterocycles. The zero-order chi connectivity index (χ0) is 17.1. The first-order valence-electron chi connectivity index (χ1n) is 8.10. The molecule has 1 N–H and O–H groups in total. The average Bonchev–Trinajstić information content (AvgIpc) is 3.24. The lowest BCUT2D eigenvalue weighted by atomic mass is 10.2. The Hall–Kier alpha value is -2.90. The second-order valence-electron chi connectivity index (χ2n) is 5.80. The molecule has 3 aromatic carbocycles. The van der Waals surface area contributed by atoms with E-state index in [9.17, 15) is 4.57 Å². The highest BCUT2D eigenvalue weighted by Gasteiger charge is 2.29. The van der Waals surface area contributed by atoms with Crippen LogP contribution in [0.5, 0.6) is 0 Å². The topological polar surface area (TPSA) is 45.8 Å². The molecule has 0 spiro atoms. The number of aromatic nitrogens is 2. The van der Waals surface area contributed by atoms with Gasteiger partial charge in [-0.1, -0.05) is 84.9 Å². The lowest BCUT2D eigenvalue weighted by molar-refractivity contribution is 0.592. The van der Waals surface area contributed by atoms with Crippen molar-refractivity contribution in [1.82, 2.24) is 10.2 Å². The van der Waals surface area contributed by atoms with E-state index in [0.29, 0.717) is 0 Å². The van der Waals surface area contributed by atoms with Gasteiger partial charge in [-0.3, -0.25) is 5.10 Å². The highest BCUT2D eigenvalue weighted by atomic mass is 31.2. The standard InChI is InChI=1S/C21H17N2OP/c24-25(18-7-3-1-4-8-18,19-9-5-2-6-10-19)20-13-11-17(12-14-20)21-15-16-22-23-21/h1-16H,(H,22,23). The zero-order valence-corrected chi connectivity index (χ0v) is 14.4. The SMILES string of the molecule is O=P(c1ccccc1)(c1ccccc1)c1ccc(-c2ccn[nH]2)cc1. The lowest BCUT2D eigenvalue weighted by Crippen LogP contribution is -2.24. The van der Waals surface area contributed by atoms with Crippen molar-refractivity contribution in [2.45, 2.75) is 0 Å². The minimum atomic E-state index is -2.90. The summed E-state index contributed by atoms with van der Waals surface area (Å²) in [6.07, 6.45) is 1.72. The summed E-state index contributed by atoms with van der Waals surface area (Å²) in [5, 5.41) is 9.45. The molecule has 0 aliphatic rings. The molecule has 0 unspecified atom stereocenters. The van der Waals surface area contributed by atoms with E-state index in [4.69, 9.17) is 0 Å². The predicted molar refractivity (Wildman–Crippen MR) is 103 cm³/mol. The molecule has 4 heteroatoms. The normalized spacial score (nSPS) is 11.4. The fraction of sp³-hybridized carbons (Fsp3) is 0. The van der Waals surface area contributed by atoms with Crippen LogP contribution in [0.1, 0.15) is 0 Å². The first kappa shape index (κ1) is 15.6. The quantitative estimate of drug-likeness (QED) is 0.574. The van der Waals surface area contributed by atoms with Crippen molar-refractivity contribution in [3.63, 3.8) is 0 Å². The van der Waals surface area contributed by atoms with Crippen LogP contribution < -0.4 is 15.9 Å². The number of H-pyrrole nitrogens is 1. The molecule has 1 aromatic heterocycles. The third kappa shape index (κ3) is 2.84. The van der Waals surface area contributed by atoms with Gasteiger partial charge in [0.05, 0.1) is 5.69 Å². The highest BCUT2D eigenvalue weighted by Crippen LogP contribution is 2.42. The number of hydrogen-bond donors (Lipinski definition) is 1. The van der Waals surface area contributed by atoms with Crippen LogP contribution in [0.2, 0.25) is 0 Å². The minimum Gasteiger partial charge on any atom is -0.309 e. The fourth-order valence-electron chi connectivity index (χ4n) is 2.99. The lowest BCUT2D eigenvalue weighted by Gasteiger charge is -2.20. The first-order valence-corrected chi connectivity index (χ1v) is 9.81. The summed E-state index contributed by atoms with van der Waals surface area (Å²) >= 11 is 0. The maximum Gasteiger partial charge on any atom is 0.171 e. The van der Waals surface area contributed by atoms with Crippen molar-refractivity contribution >= 4 is 23.1 Å². The summed E-state index contributed by atoms with van der Waals surface area (Å²) in [6, 6.07) is 29.2. The van der Waals surface area contributed by atoms with Gasteiger partial charge in [-0.2, -0.15) is 5.10 Å². The van der Waals surface area contributed by atoms with Crippen LogP contribution in [0, 0.1) is 0 Å². The zero-order valence-electron chi connectivity index (χ0n) is 13.5. The van der Waals surface area contributed by atoms with E-state index >= 15 is 0 Å². The molecule has 0 fully saturated rings. The van der Waals surface area contributed by atoms with Crippen LogP contribution in [0.15, 0.2) is 97.2 Å². The smallest absolute Gasteiger partial charge is 0.171 e. The van der Waals surface area contributed by atoms with Crippen LogP contribution in [0.3, 0.4) is 0 Å². The Morgan fingerprint density at radius 1 is 0.640 bits per heavy atom. The van der Waals surface area contributed by atoms with E-state index in [1.165, 1.54) is 0 Å². The first-order chi connectivity index (χ1) is 12.3. The van der Waals surface area contributed by atoms with Crippen molar-refractivity contribution in [2.24, 2.45) is 0 Å². The van der Waals surface area contributed by atoms with Gasteiger partial charge >= 0.3 is 0 Å². The van der Waals surface area contributed by atoms with Gasteiger partial charge in [0.2, 0.25) is 0 Å². The van der Waals surface area contributed by atoms with Crippen molar-refractivity contribution in [1.29, 1.82) is 0 Å². The summed E-state index contributed by atoms with van der Waals surface area (Å²) < 4.78 is 14.2. The molecular weight excluding hydrogens is 327 g/mol. The van der Waals surface area contributed by atoms with Crippen molar-refractivity contribution in [2.75, 3.05) is 0 Å². The molecule has 25 heavy (non-hydrogen) atoms. The fourth-order valence-corrected chi connectivity index (χ4v) is 5.64. The van der Waals surface area contributed by atoms with Gasteiger partial charge in [-0.15, -0.1) is 0 Å². The molecule has 0 amide bonds. The maximum atomic E-state index is 14.2. The van der Waals surface area contributed by atoms with Gasteiger partial charge in [-0.25, -0.2) is 0 Å². The summed E-state index contributed by atoms with van der Waals surface area (Å²) in [6.45, 7) is 0. The van der Waals surface area contributed by atoms with E-state index in [2.05, 4.69) is 10.2 Å². The van der Waals surface area contributed by atoms with Gasteiger partial charge in [0.1, 0.15) is 0 Å². The van der Waals surface area contributed by atoms with Gasteiger partial charge < -0.3 is 4.57 Å². The summed E-state index contributed by atoms with van der Waals surface area (Å²) in [5.74, 6) is 0. The van der Waals surface area contributed by atoms with Crippen molar-refractivity contribution < 1.29 is 4.57 Å². The molecule has 0 saturated heterocycles. The highest BCUT2D eigenvalue weighted by molar-refractivity contribution is 7.85. The maximum absolute atomic E-state index is 14.2. The molecule has 0 bridgehead atoms. The number of hydrogen-bond acceptors (Lipinski definition) is 2. The van der Waals surface area contributed by atoms with Crippen LogP contribution in [-0.2, 0) is 4.57 Å². The van der Waals surface area contributed by atoms with Gasteiger partial charge in [0.25, 0.3) is 0 Å². The molecule has 4 rings (SSSR count). The van der Waals surface area contributed by atoms with Gasteiger partial charge in [0.15, 0.2) is 7.14 Å². The van der Waals surface area contributed by atoms with E-state index in [-0.39, 0.29) is 0 Å². The average molecular weight is 344 g/mol. The van der Waals surface area contributed by atoms with Crippen molar-refractivity contribution in [3.05, 3.63) is 97.2 Å². The number of benzene rings is 3. The monoisotopic (exact) mass is 344 g/mol. The Labute approximate surface area is 146 Å². The molecule has 4 aromatic rings. The van der Waals surface area contributed by atoms with Crippen LogP contribution in [0.4, 0.5) is 0 Å². The molecule has 0 aliphatic carbocycles. The van der Waals surface area contributed by atoms with E-state index in [1.807, 2.05) is 91.0 Å². The molecule has 122 valence electrons. The molecule has 3 nitrogen and oxygen atoms in total. The summed E-state index contributed by atoms with van der Waals surface area (Å²) in [7, 11) is -2.90. The third-order valence-electron chi connectivity index (χ3n) is 4.28. The van der Waals surface area contributed by atoms with Gasteiger partial charge in [-0.05, 0) is 11.6 Å². The molecule has 0 saturated carbocycles. The predicted octanol–water partition coefficient (Wildman–Crippen LogP) is 3.72. The number of nitrogens with one attached hydrogen (secondary N) is 1. The van der Waals surface area contributed by atoms with Crippen LogP contribution >= 0.6 is 7.14 Å². The summed E-state index contributed by atoms with van der Waals surface area (Å²) in [4.78, 5) is 0. The number of aromatic amines is 1. The largest absolute Gasteiger partial charge is 0.309 e. The molecule has 1 heterocycles. The Bertz CT molecular complexity index is 951. The van der Waals surface area contributed by atoms with Gasteiger partial charge in [0, 0.05) is 22.1 Å². The van der Waals surface area contributed by atoms with Crippen molar-refractivity contribution in [3.8, 4) is 11.3 Å². The Kier molecular flexibility index (Phi) is 4.09. The minimum absolute atomic E-state index is 0.827. The van der Waals surface area contributed by atoms with E-state index in [0.717, 1.165) is 27.2 Å².